The molecule has 0 fully saturated rings. The Morgan fingerprint density at radius 2 is 2.43 bits per heavy atom. The molecule has 0 unspecified atom stereocenters. The molecule has 2 nitrogen and oxygen atoms in total. The Morgan fingerprint density at radius 1 is 2.00 bits per heavy atom. The van der Waals surface area contributed by atoms with Crippen molar-refractivity contribution in [3.05, 3.63) is 0 Å². The van der Waals surface area contributed by atoms with Crippen LogP contribution in [0.25, 0.3) is 0 Å². The van der Waals surface area contributed by atoms with Crippen molar-refractivity contribution < 1.29 is 4.79 Å². The van der Waals surface area contributed by atoms with Crippen LogP contribution in [0.3, 0.4) is 0 Å². The summed E-state index contributed by atoms with van der Waals surface area (Å²) in [4.78, 5) is 10.0. The van der Waals surface area contributed by atoms with Gasteiger partial charge in [-0.1, -0.05) is 12.2 Å². The second-order valence-electron chi connectivity index (χ2n) is 0.891. The third-order valence-corrected chi connectivity index (χ3v) is 0.962. The first-order chi connectivity index (χ1) is 3.18. The molecule has 7 heavy (non-hydrogen) atoms. The van der Waals surface area contributed by atoms with Crippen LogP contribution in [0.4, 0.5) is 0 Å². The summed E-state index contributed by atoms with van der Waals surface area (Å²) < 4.78 is 0.690. The van der Waals surface area contributed by atoms with Crippen LogP contribution >= 0.6 is 24.0 Å². The van der Waals surface area contributed by atoms with E-state index in [-0.39, 0.29) is 5.91 Å². The van der Waals surface area contributed by atoms with Crippen LogP contribution in [-0.2, 0) is 4.79 Å². The maximum Gasteiger partial charge on any atom is 0.239 e. The molecule has 0 aromatic rings. The molecule has 1 amide bonds. The van der Waals surface area contributed by atoms with E-state index in [2.05, 4.69) is 12.2 Å². The Bertz CT molecular complexity index is 94.9. The zero-order valence-electron chi connectivity index (χ0n) is 3.64. The minimum atomic E-state index is -0.323. The lowest BCUT2D eigenvalue weighted by Crippen LogP contribution is -2.13. The topological polar surface area (TPSA) is 20.3 Å². The van der Waals surface area contributed by atoms with Crippen LogP contribution < -0.4 is 0 Å². The monoisotopic (exact) mass is 136 g/mol. The van der Waals surface area contributed by atoms with Crippen molar-refractivity contribution in [2.45, 2.75) is 6.92 Å². The van der Waals surface area contributed by atoms with Crippen LogP contribution in [-0.4, -0.2) is 15.8 Å². The molecule has 0 spiro atoms. The summed E-state index contributed by atoms with van der Waals surface area (Å²) in [5.41, 5.74) is 2.00. The molecule has 0 aliphatic carbocycles. The number of hydrogen-bond acceptors (Lipinski definition) is 2. The molecule has 0 rings (SSSR count). The Hall–Kier alpha value is -0.150. The number of nitrogens with zero attached hydrogens (tertiary/aromatic N) is 1. The number of rotatable bonds is 1. The summed E-state index contributed by atoms with van der Waals surface area (Å²) in [5, 5.41) is 0. The lowest BCUT2D eigenvalue weighted by molar-refractivity contribution is -0.121. The normalized spacial score (nSPS) is 7.71. The van der Waals surface area contributed by atoms with Gasteiger partial charge in [-0.2, -0.15) is 0 Å². The van der Waals surface area contributed by atoms with Crippen molar-refractivity contribution in [1.29, 1.82) is 0 Å². The van der Waals surface area contributed by atoms with Gasteiger partial charge in [-0.05, 0) is 0 Å². The Labute approximate surface area is 52.2 Å². The second-order valence-corrected chi connectivity index (χ2v) is 1.41. The molecule has 0 atom stereocenters. The predicted octanol–water partition coefficient (Wildman–Crippen LogP) is 0.823. The van der Waals surface area contributed by atoms with Gasteiger partial charge in [-0.25, -0.2) is 4.42 Å². The van der Waals surface area contributed by atoms with Gasteiger partial charge in [0.2, 0.25) is 5.91 Å². The van der Waals surface area contributed by atoms with Gasteiger partial charge in [-0.3, -0.25) is 4.79 Å². The van der Waals surface area contributed by atoms with Crippen LogP contribution in [0.5, 0.6) is 0 Å². The summed E-state index contributed by atoms with van der Waals surface area (Å²) in [6, 6.07) is 0. The Morgan fingerprint density at radius 3 is 2.43 bits per heavy atom. The molecule has 0 N–H and O–H groups in total. The summed E-state index contributed by atoms with van der Waals surface area (Å²) >= 11 is 9.24. The van der Waals surface area contributed by atoms with E-state index >= 15 is 0 Å². The summed E-state index contributed by atoms with van der Waals surface area (Å²) in [6.07, 6.45) is 0. The highest BCUT2D eigenvalue weighted by Gasteiger charge is 1.97. The summed E-state index contributed by atoms with van der Waals surface area (Å²) in [6.45, 7) is 1.30. The van der Waals surface area contributed by atoms with Gasteiger partial charge >= 0.3 is 0 Å². The molecule has 4 heteroatoms. The fraction of sp³-hybridized carbons (Fsp3) is 0.333. The number of carbonyl (C=O) groups excluding carboxylic acids is 1. The fourth-order valence-electron chi connectivity index (χ4n) is 0.0643. The molecule has 0 aliphatic heterocycles. The maximum absolute atomic E-state index is 10.0. The van der Waals surface area contributed by atoms with E-state index in [0.717, 1.165) is 0 Å². The van der Waals surface area contributed by atoms with Gasteiger partial charge < -0.3 is 0 Å². The van der Waals surface area contributed by atoms with Crippen molar-refractivity contribution in [3.8, 4) is 0 Å². The van der Waals surface area contributed by atoms with Crippen molar-refractivity contribution in [2.24, 2.45) is 0 Å². The smallest absolute Gasteiger partial charge is 0.239 e. The van der Waals surface area contributed by atoms with E-state index in [1.807, 2.05) is 5.49 Å². The van der Waals surface area contributed by atoms with Crippen LogP contribution in [0.2, 0.25) is 0 Å². The molecular weight excluding hydrogens is 134 g/mol. The zero-order valence-corrected chi connectivity index (χ0v) is 5.21. The van der Waals surface area contributed by atoms with Crippen LogP contribution in [0.1, 0.15) is 6.92 Å². The van der Waals surface area contributed by atoms with E-state index in [0.29, 0.717) is 4.42 Å². The highest BCUT2D eigenvalue weighted by atomic mass is 35.5. The van der Waals surface area contributed by atoms with Gasteiger partial charge in [0, 0.05) is 18.7 Å². The molecule has 39 valence electrons. The first-order valence-electron chi connectivity index (χ1n) is 1.52. The van der Waals surface area contributed by atoms with Crippen LogP contribution in [0.15, 0.2) is 0 Å². The SMILES string of the molecule is CC(=O)N(Cl)[C]=S. The van der Waals surface area contributed by atoms with Gasteiger partial charge in [0.05, 0.1) is 0 Å². The van der Waals surface area contributed by atoms with E-state index < -0.39 is 0 Å². The molecule has 0 aromatic heterocycles. The van der Waals surface area contributed by atoms with Gasteiger partial charge in [-0.15, -0.1) is 0 Å². The number of thiocarbonyl (C=S) groups is 1. The highest BCUT2D eigenvalue weighted by molar-refractivity contribution is 7.79. The van der Waals surface area contributed by atoms with E-state index in [1.54, 1.807) is 0 Å². The average Bonchev–Trinajstić information content (AvgIpc) is 1.65. The van der Waals surface area contributed by atoms with Gasteiger partial charge in [0.15, 0.2) is 5.49 Å². The molecule has 0 aromatic carbocycles. The molecule has 0 aliphatic rings. The van der Waals surface area contributed by atoms with Crippen molar-refractivity contribution in [2.75, 3.05) is 0 Å². The largest absolute Gasteiger partial charge is 0.273 e. The van der Waals surface area contributed by atoms with Crippen molar-refractivity contribution >= 4 is 35.4 Å². The number of hydrogen-bond donors (Lipinski definition) is 0. The quantitative estimate of drug-likeness (QED) is 0.302. The highest BCUT2D eigenvalue weighted by Crippen LogP contribution is 1.87. The third kappa shape index (κ3) is 2.53. The minimum absolute atomic E-state index is 0.323. The van der Waals surface area contributed by atoms with Gasteiger partial charge in [0.1, 0.15) is 0 Å². The standard InChI is InChI=1S/C3H3ClNOS/c1-3(6)5(4)2-7/h1H3. The van der Waals surface area contributed by atoms with Gasteiger partial charge in [0.25, 0.3) is 0 Å². The maximum atomic E-state index is 10.0. The summed E-state index contributed by atoms with van der Waals surface area (Å²) in [7, 11) is 0. The van der Waals surface area contributed by atoms with Crippen molar-refractivity contribution in [1.82, 2.24) is 4.42 Å². The van der Waals surface area contributed by atoms with E-state index in [1.165, 1.54) is 6.92 Å². The molecular formula is C3H3ClNOS. The minimum Gasteiger partial charge on any atom is -0.273 e. The number of halogens is 1. The Kier molecular flexibility index (Phi) is 2.87. The average molecular weight is 137 g/mol. The molecule has 1 radical (unpaired) electrons. The third-order valence-electron chi connectivity index (χ3n) is 0.357. The molecule has 0 saturated heterocycles. The second kappa shape index (κ2) is 2.93. The molecule has 0 heterocycles. The first-order valence-corrected chi connectivity index (χ1v) is 2.27. The lowest BCUT2D eigenvalue weighted by atomic mass is 10.7. The lowest BCUT2D eigenvalue weighted by Gasteiger charge is -1.96. The predicted molar refractivity (Wildman–Crippen MR) is 31.0 cm³/mol. The van der Waals surface area contributed by atoms with E-state index in [9.17, 15) is 4.79 Å². The molecule has 0 bridgehead atoms. The van der Waals surface area contributed by atoms with Crippen LogP contribution in [0, 0.1) is 0 Å². The number of carbonyl (C=O) groups is 1. The fourth-order valence-corrected chi connectivity index (χ4v) is 0.193. The summed E-state index contributed by atoms with van der Waals surface area (Å²) in [5.74, 6) is -0.323. The van der Waals surface area contributed by atoms with E-state index in [4.69, 9.17) is 11.8 Å². The Balaban J connectivity index is 3.55. The number of amides is 1. The zero-order chi connectivity index (χ0) is 5.86. The molecule has 0 saturated carbocycles. The first kappa shape index (κ1) is 6.85. The van der Waals surface area contributed by atoms with Crippen molar-refractivity contribution in [3.63, 3.8) is 0 Å².